The molecule has 2 fully saturated rings. The number of rotatable bonds is 6. The minimum absolute atomic E-state index is 0.00214. The Labute approximate surface area is 186 Å². The van der Waals surface area contributed by atoms with Crippen LogP contribution in [0.2, 0.25) is 0 Å². The van der Waals surface area contributed by atoms with Crippen LogP contribution in [0.5, 0.6) is 5.75 Å². The number of ether oxygens (including phenoxy) is 2. The molecular weight excluding hydrogens is 411 g/mol. The highest BCUT2D eigenvalue weighted by molar-refractivity contribution is 5.75. The first-order chi connectivity index (χ1) is 15.5. The number of hydrogen-bond acceptors (Lipinski definition) is 5. The molecule has 2 aliphatic carbocycles. The molecule has 166 valence electrons. The fourth-order valence-corrected chi connectivity index (χ4v) is 4.84. The number of anilines is 1. The Morgan fingerprint density at radius 1 is 1.19 bits per heavy atom. The number of benzene rings is 2. The number of methoxy groups -OCH3 is 1. The van der Waals surface area contributed by atoms with Gasteiger partial charge in [-0.05, 0) is 35.4 Å². The average molecular weight is 436 g/mol. The summed E-state index contributed by atoms with van der Waals surface area (Å²) >= 11 is 0. The smallest absolute Gasteiger partial charge is 0.307 e. The van der Waals surface area contributed by atoms with E-state index in [0.717, 1.165) is 30.4 Å². The summed E-state index contributed by atoms with van der Waals surface area (Å²) in [6.07, 6.45) is 3.19. The van der Waals surface area contributed by atoms with E-state index < -0.39 is 11.8 Å². The maximum absolute atomic E-state index is 14.7. The minimum atomic E-state index is -0.730. The Bertz CT molecular complexity index is 1110. The first kappa shape index (κ1) is 20.8. The molecule has 2 atom stereocenters. The third kappa shape index (κ3) is 3.80. The van der Waals surface area contributed by atoms with Gasteiger partial charge in [0.1, 0.15) is 29.3 Å². The SMILES string of the molecule is CO[C@H]1C[C@H](Oc2cc(F)c(C#N)c(N3CCc4cc([C@@H]5C[C@H]5C(=O)O)ccc4C3)c2)C1. The predicted octanol–water partition coefficient (Wildman–Crippen LogP) is 4.00. The van der Waals surface area contributed by atoms with Crippen LogP contribution >= 0.6 is 0 Å². The van der Waals surface area contributed by atoms with E-state index in [1.807, 2.05) is 23.1 Å². The lowest BCUT2D eigenvalue weighted by atomic mass is 9.92. The number of carboxylic acid groups (broad SMARTS) is 1. The van der Waals surface area contributed by atoms with Crippen LogP contribution in [0.1, 0.15) is 47.4 Å². The molecule has 0 saturated heterocycles. The van der Waals surface area contributed by atoms with Crippen LogP contribution in [0.4, 0.5) is 10.1 Å². The summed E-state index contributed by atoms with van der Waals surface area (Å²) in [6, 6.07) is 11.2. The van der Waals surface area contributed by atoms with Gasteiger partial charge < -0.3 is 19.5 Å². The molecule has 7 heteroatoms. The van der Waals surface area contributed by atoms with Crippen LogP contribution in [-0.2, 0) is 22.5 Å². The maximum atomic E-state index is 14.7. The second-order valence-corrected chi connectivity index (χ2v) is 8.97. The van der Waals surface area contributed by atoms with E-state index in [0.29, 0.717) is 30.9 Å². The third-order valence-electron chi connectivity index (χ3n) is 6.96. The molecule has 0 aromatic heterocycles. The van der Waals surface area contributed by atoms with Crippen LogP contribution in [0.15, 0.2) is 30.3 Å². The van der Waals surface area contributed by atoms with Crippen molar-refractivity contribution in [3.8, 4) is 11.8 Å². The zero-order valence-corrected chi connectivity index (χ0v) is 17.9. The zero-order chi connectivity index (χ0) is 22.4. The van der Waals surface area contributed by atoms with Gasteiger partial charge in [-0.1, -0.05) is 18.2 Å². The Morgan fingerprint density at radius 2 is 2.00 bits per heavy atom. The molecule has 6 nitrogen and oxygen atoms in total. The van der Waals surface area contributed by atoms with E-state index >= 15 is 0 Å². The molecule has 2 aromatic rings. The number of carboxylic acids is 1. The Morgan fingerprint density at radius 3 is 2.69 bits per heavy atom. The van der Waals surface area contributed by atoms with Crippen LogP contribution in [0, 0.1) is 23.1 Å². The molecule has 32 heavy (non-hydrogen) atoms. The van der Waals surface area contributed by atoms with Crippen molar-refractivity contribution in [3.63, 3.8) is 0 Å². The lowest BCUT2D eigenvalue weighted by molar-refractivity contribution is -0.138. The summed E-state index contributed by atoms with van der Waals surface area (Å²) in [4.78, 5) is 13.2. The van der Waals surface area contributed by atoms with E-state index in [4.69, 9.17) is 9.47 Å². The topological polar surface area (TPSA) is 82.8 Å². The van der Waals surface area contributed by atoms with E-state index in [1.165, 1.54) is 11.6 Å². The van der Waals surface area contributed by atoms with E-state index in [9.17, 15) is 19.6 Å². The minimum Gasteiger partial charge on any atom is -0.490 e. The highest BCUT2D eigenvalue weighted by atomic mass is 19.1. The quantitative estimate of drug-likeness (QED) is 0.737. The van der Waals surface area contributed by atoms with Gasteiger partial charge in [0.2, 0.25) is 0 Å². The predicted molar refractivity (Wildman–Crippen MR) is 115 cm³/mol. The van der Waals surface area contributed by atoms with Gasteiger partial charge in [-0.15, -0.1) is 0 Å². The van der Waals surface area contributed by atoms with Gasteiger partial charge >= 0.3 is 5.97 Å². The molecule has 0 bridgehead atoms. The van der Waals surface area contributed by atoms with Crippen molar-refractivity contribution >= 4 is 11.7 Å². The highest BCUT2D eigenvalue weighted by Gasteiger charge is 2.44. The number of nitrogens with zero attached hydrogens (tertiary/aromatic N) is 2. The van der Waals surface area contributed by atoms with Gasteiger partial charge in [0.15, 0.2) is 0 Å². The zero-order valence-electron chi connectivity index (χ0n) is 17.9. The van der Waals surface area contributed by atoms with Crippen LogP contribution in [-0.4, -0.2) is 36.9 Å². The lowest BCUT2D eigenvalue weighted by Crippen LogP contribution is -2.39. The molecule has 0 radical (unpaired) electrons. The van der Waals surface area contributed by atoms with E-state index in [1.54, 1.807) is 13.2 Å². The molecular formula is C25H25FN2O4. The van der Waals surface area contributed by atoms with Gasteiger partial charge in [0.05, 0.1) is 17.7 Å². The third-order valence-corrected chi connectivity index (χ3v) is 6.96. The summed E-state index contributed by atoms with van der Waals surface area (Å²) in [6.45, 7) is 1.21. The van der Waals surface area contributed by atoms with Crippen molar-refractivity contribution in [2.45, 2.75) is 50.4 Å². The van der Waals surface area contributed by atoms with Crippen LogP contribution < -0.4 is 9.64 Å². The molecule has 0 amide bonds. The molecule has 2 aromatic carbocycles. The van der Waals surface area contributed by atoms with E-state index in [2.05, 4.69) is 6.07 Å². The molecule has 1 heterocycles. The summed E-state index contributed by atoms with van der Waals surface area (Å²) in [7, 11) is 1.67. The summed E-state index contributed by atoms with van der Waals surface area (Å²) in [5.74, 6) is -1.03. The van der Waals surface area contributed by atoms with Crippen molar-refractivity contribution in [2.75, 3.05) is 18.6 Å². The molecule has 1 N–H and O–H groups in total. The fourth-order valence-electron chi connectivity index (χ4n) is 4.84. The summed E-state index contributed by atoms with van der Waals surface area (Å²) in [5, 5.41) is 18.8. The first-order valence-corrected chi connectivity index (χ1v) is 11.0. The average Bonchev–Trinajstić information content (AvgIpc) is 3.56. The highest BCUT2D eigenvalue weighted by Crippen LogP contribution is 2.48. The van der Waals surface area contributed by atoms with Crippen molar-refractivity contribution in [3.05, 3.63) is 58.4 Å². The fraction of sp³-hybridized carbons (Fsp3) is 0.440. The van der Waals surface area contributed by atoms with Crippen LogP contribution in [0.3, 0.4) is 0 Å². The molecule has 3 aliphatic rings. The monoisotopic (exact) mass is 436 g/mol. The second kappa shape index (κ2) is 8.10. The number of halogens is 1. The Kier molecular flexibility index (Phi) is 5.26. The second-order valence-electron chi connectivity index (χ2n) is 8.97. The number of aliphatic carboxylic acids is 1. The largest absolute Gasteiger partial charge is 0.490 e. The van der Waals surface area contributed by atoms with Gasteiger partial charge in [-0.2, -0.15) is 5.26 Å². The van der Waals surface area contributed by atoms with Crippen molar-refractivity contribution in [2.24, 2.45) is 5.92 Å². The van der Waals surface area contributed by atoms with E-state index in [-0.39, 0.29) is 29.6 Å². The molecule has 5 rings (SSSR count). The lowest BCUT2D eigenvalue weighted by Gasteiger charge is -2.35. The van der Waals surface area contributed by atoms with Gasteiger partial charge in [-0.25, -0.2) is 4.39 Å². The van der Waals surface area contributed by atoms with Crippen molar-refractivity contribution < 1.29 is 23.8 Å². The number of hydrogen-bond donors (Lipinski definition) is 1. The number of fused-ring (bicyclic) bond motifs is 1. The van der Waals surface area contributed by atoms with Crippen molar-refractivity contribution in [1.82, 2.24) is 0 Å². The first-order valence-electron chi connectivity index (χ1n) is 11.0. The van der Waals surface area contributed by atoms with Crippen molar-refractivity contribution in [1.29, 1.82) is 5.26 Å². The van der Waals surface area contributed by atoms with Gasteiger partial charge in [0, 0.05) is 45.2 Å². The normalized spacial score (nSPS) is 26.0. The number of nitriles is 1. The molecule has 2 saturated carbocycles. The van der Waals surface area contributed by atoms with Crippen LogP contribution in [0.25, 0.3) is 0 Å². The van der Waals surface area contributed by atoms with Gasteiger partial charge in [0.25, 0.3) is 0 Å². The standard InChI is InChI=1S/C25H25FN2O4/c1-31-17-7-18(8-17)32-19-9-23(26)22(12-27)24(10-19)28-5-4-14-6-15(2-3-16(14)13-28)20-11-21(20)25(29)30/h2-3,6,9-10,17-18,20-21H,4-5,7-8,11,13H2,1H3,(H,29,30)/t17-,18-,20-,21+/m0/s1. The maximum Gasteiger partial charge on any atom is 0.307 e. The Hall–Kier alpha value is -3.11. The molecule has 1 aliphatic heterocycles. The number of carbonyl (C=O) groups is 1. The summed E-state index contributed by atoms with van der Waals surface area (Å²) < 4.78 is 25.9. The van der Waals surface area contributed by atoms with Gasteiger partial charge in [-0.3, -0.25) is 4.79 Å². The molecule has 0 spiro atoms. The Balaban J connectivity index is 1.35. The summed E-state index contributed by atoms with van der Waals surface area (Å²) in [5.41, 5.74) is 3.97. The molecule has 0 unspecified atom stereocenters.